The maximum Gasteiger partial charge on any atom is 0.397 e. The first-order valence-electron chi connectivity index (χ1n) is 15.7. The Morgan fingerprint density at radius 1 is 0.617 bits per heavy atom. The molecule has 7 N–H and O–H groups in total. The summed E-state index contributed by atoms with van der Waals surface area (Å²) in [5, 5.41) is 25.4. The maximum absolute atomic E-state index is 13.0. The first-order chi connectivity index (χ1) is 27.5. The summed E-state index contributed by atoms with van der Waals surface area (Å²) in [5.74, 6) is -3.81. The minimum Gasteiger partial charge on any atom is -0.505 e. The van der Waals surface area contributed by atoms with E-state index in [0.29, 0.717) is 12.1 Å². The number of anilines is 1. The first-order valence-corrected chi connectivity index (χ1v) is 24.7. The summed E-state index contributed by atoms with van der Waals surface area (Å²) in [7, 11) is -27.0. The second-order valence-electron chi connectivity index (χ2n) is 11.8. The largest absolute Gasteiger partial charge is 0.505 e. The van der Waals surface area contributed by atoms with Crippen LogP contribution in [0.25, 0.3) is 10.8 Å². The van der Waals surface area contributed by atoms with Gasteiger partial charge in [0, 0.05) is 17.0 Å². The number of phenols is 1. The third-order valence-corrected chi connectivity index (χ3v) is 14.1. The number of sulfone groups is 2. The van der Waals surface area contributed by atoms with E-state index in [2.05, 4.69) is 28.8 Å². The van der Waals surface area contributed by atoms with Crippen molar-refractivity contribution in [3.63, 3.8) is 0 Å². The predicted octanol–water partition coefficient (Wildman–Crippen LogP) is 2.53. The number of benzene rings is 3. The average Bonchev–Trinajstić information content (AvgIpc) is 3.11. The molecule has 0 bridgehead atoms. The second-order valence-corrected chi connectivity index (χ2v) is 21.0. The van der Waals surface area contributed by atoms with E-state index in [1.165, 1.54) is 0 Å². The van der Waals surface area contributed by atoms with Gasteiger partial charge in [0.25, 0.3) is 20.2 Å². The van der Waals surface area contributed by atoms with Crippen LogP contribution in [0, 0.1) is 0 Å². The Balaban J connectivity index is 1.84. The van der Waals surface area contributed by atoms with Gasteiger partial charge in [0.05, 0.1) is 55.7 Å². The molecule has 1 aliphatic rings. The van der Waals surface area contributed by atoms with Gasteiger partial charge in [0.1, 0.15) is 43.2 Å². The van der Waals surface area contributed by atoms with Crippen molar-refractivity contribution < 1.29 is 91.7 Å². The number of hydrogen-bond donors (Lipinski definition) is 6. The molecule has 0 amide bonds. The van der Waals surface area contributed by atoms with Crippen molar-refractivity contribution >= 4 is 94.2 Å². The molecule has 0 saturated carbocycles. The van der Waals surface area contributed by atoms with Gasteiger partial charge in [0.15, 0.2) is 25.4 Å². The van der Waals surface area contributed by atoms with Crippen molar-refractivity contribution in [1.82, 2.24) is 0 Å². The highest BCUT2D eigenvalue weighted by Gasteiger charge is 2.29. The summed E-state index contributed by atoms with van der Waals surface area (Å²) in [5.41, 5.74) is 3.22. The van der Waals surface area contributed by atoms with Crippen LogP contribution in [0.1, 0.15) is 12.8 Å². The van der Waals surface area contributed by atoms with Crippen LogP contribution < -0.4 is 15.2 Å². The van der Waals surface area contributed by atoms with Crippen LogP contribution in [0.4, 0.5) is 22.7 Å². The van der Waals surface area contributed by atoms with Gasteiger partial charge < -0.3 is 20.3 Å². The van der Waals surface area contributed by atoms with E-state index in [1.807, 2.05) is 0 Å². The number of allylic oxidation sites excluding steroid dienone is 4. The van der Waals surface area contributed by atoms with E-state index in [-0.39, 0.29) is 29.2 Å². The zero-order valence-corrected chi connectivity index (χ0v) is 35.2. The minimum atomic E-state index is -5.37. The molecule has 0 unspecified atom stereocenters. The lowest BCUT2D eigenvalue weighted by Gasteiger charge is -2.15. The lowest BCUT2D eigenvalue weighted by Crippen LogP contribution is -2.17. The molecule has 26 nitrogen and oxygen atoms in total. The maximum atomic E-state index is 13.0. The van der Waals surface area contributed by atoms with Gasteiger partial charge >= 0.3 is 20.8 Å². The van der Waals surface area contributed by atoms with Crippen LogP contribution in [-0.2, 0) is 69.1 Å². The third-order valence-electron chi connectivity index (χ3n) is 7.86. The quantitative estimate of drug-likeness (QED) is 0.0606. The van der Waals surface area contributed by atoms with Crippen molar-refractivity contribution in [1.29, 1.82) is 0 Å². The van der Waals surface area contributed by atoms with E-state index in [9.17, 15) is 64.7 Å². The monoisotopic (exact) mass is 965 g/mol. The predicted molar refractivity (Wildman–Crippen MR) is 204 cm³/mol. The number of aromatic hydroxyl groups is 1. The van der Waals surface area contributed by atoms with Gasteiger partial charge in [-0.3, -0.25) is 18.2 Å². The summed E-state index contributed by atoms with van der Waals surface area (Å²) < 4.78 is 200. The van der Waals surface area contributed by atoms with E-state index in [1.54, 1.807) is 0 Å². The summed E-state index contributed by atoms with van der Waals surface area (Å²) in [4.78, 5) is -3.04. The van der Waals surface area contributed by atoms with Crippen molar-refractivity contribution in [2.45, 2.75) is 27.5 Å². The summed E-state index contributed by atoms with van der Waals surface area (Å²) in [6.45, 7) is -1.89. The number of methoxy groups -OCH3 is 2. The van der Waals surface area contributed by atoms with Crippen molar-refractivity contribution in [3.8, 4) is 17.2 Å². The molecule has 0 spiro atoms. The molecular weight excluding hydrogens is 935 g/mol. The molecule has 0 atom stereocenters. The van der Waals surface area contributed by atoms with Crippen LogP contribution in [0.2, 0.25) is 0 Å². The highest BCUT2D eigenvalue weighted by molar-refractivity contribution is 7.95. The Hall–Kier alpha value is -4.74. The third kappa shape index (κ3) is 11.8. The fourth-order valence-corrected chi connectivity index (χ4v) is 9.82. The Bertz CT molecular complexity index is 3060. The van der Waals surface area contributed by atoms with E-state index in [4.69, 9.17) is 24.3 Å². The standard InChI is InChI=1S/C28H31N5O21S6/c1-51-19-14-21(56(37,38)10-8-54-60(48,49)50)20(52-2)13-18(19)31-33-27-23(58(42,43)44)12-15-11-22(57(39,40)41)26(25(29)24(15)28(27)34)32-30-16-3-5-17(6-4-16)55(35,36)9-7-53-59(45,46)47/h3,5,11-14,34H,4,6-10,29H2,1-2H3,(H,39,40,41)(H,42,43,44)(H,45,46,47)(H,48,49,50)/b32-30+,33-31+. The SMILES string of the molecule is COc1cc(S(=O)(=O)CCOS(=O)(=O)O)c(OC)cc1/N=N/c1c(S(=O)(=O)O)cc2cc(S(=O)(=O)O)c(/N=N/C3=CC=C(S(=O)(=O)CCOS(=O)(=O)O)CC3)c(N)c2c1O. The molecule has 3 aromatic rings. The number of hydrogen-bond acceptors (Lipinski definition) is 22. The molecule has 3 aromatic carbocycles. The number of ether oxygens (including phenoxy) is 2. The van der Waals surface area contributed by atoms with E-state index in [0.717, 1.165) is 38.5 Å². The molecule has 60 heavy (non-hydrogen) atoms. The molecule has 1 aliphatic carbocycles. The second kappa shape index (κ2) is 17.7. The van der Waals surface area contributed by atoms with Crippen molar-refractivity contribution in [2.24, 2.45) is 20.5 Å². The average molecular weight is 966 g/mol. The zero-order valence-electron chi connectivity index (χ0n) is 30.3. The van der Waals surface area contributed by atoms with Crippen molar-refractivity contribution in [2.75, 3.05) is 44.7 Å². The fraction of sp³-hybridized carbons (Fsp3) is 0.286. The minimum absolute atomic E-state index is 0.0129. The molecule has 0 fully saturated rings. The molecule has 0 aliphatic heterocycles. The van der Waals surface area contributed by atoms with Gasteiger partial charge in [-0.1, -0.05) is 0 Å². The summed E-state index contributed by atoms with van der Waals surface area (Å²) in [6, 6.07) is 2.99. The van der Waals surface area contributed by atoms with Crippen LogP contribution in [0.3, 0.4) is 0 Å². The fourth-order valence-electron chi connectivity index (χ4n) is 5.19. The molecule has 0 radical (unpaired) electrons. The number of azo groups is 2. The molecule has 0 saturated heterocycles. The Morgan fingerprint density at radius 3 is 1.62 bits per heavy atom. The molecule has 32 heteroatoms. The summed E-state index contributed by atoms with van der Waals surface area (Å²) >= 11 is 0. The Labute approximate surface area is 341 Å². The molecule has 4 rings (SSSR count). The molecular formula is C28H31N5O21S6. The lowest BCUT2D eigenvalue weighted by molar-refractivity contribution is 0.282. The highest BCUT2D eigenvalue weighted by Crippen LogP contribution is 2.49. The summed E-state index contributed by atoms with van der Waals surface area (Å²) in [6.07, 6.45) is 1.85. The van der Waals surface area contributed by atoms with Gasteiger partial charge in [-0.05, 0) is 42.5 Å². The van der Waals surface area contributed by atoms with Gasteiger partial charge in [-0.25, -0.2) is 25.2 Å². The number of nitrogens with zero attached hydrogens (tertiary/aromatic N) is 4. The zero-order chi connectivity index (χ0) is 45.2. The Kier molecular flexibility index (Phi) is 14.1. The normalized spacial score (nSPS) is 14.8. The van der Waals surface area contributed by atoms with Gasteiger partial charge in [-0.2, -0.15) is 38.8 Å². The number of rotatable bonds is 18. The van der Waals surface area contributed by atoms with Gasteiger partial charge in [0.2, 0.25) is 0 Å². The molecule has 0 aromatic heterocycles. The number of phenolic OH excluding ortho intramolecular Hbond substituents is 1. The van der Waals surface area contributed by atoms with Gasteiger partial charge in [-0.15, -0.1) is 15.3 Å². The van der Waals surface area contributed by atoms with E-state index < -0.39 is 145 Å². The van der Waals surface area contributed by atoms with Crippen LogP contribution >= 0.6 is 0 Å². The smallest absolute Gasteiger partial charge is 0.397 e. The highest BCUT2D eigenvalue weighted by atomic mass is 32.3. The number of nitrogen functional groups attached to an aromatic ring is 1. The van der Waals surface area contributed by atoms with Crippen molar-refractivity contribution in [3.05, 3.63) is 47.0 Å². The number of nitrogens with two attached hydrogens (primary N) is 1. The number of fused-ring (bicyclic) bond motifs is 1. The first kappa shape index (κ1) is 47.9. The van der Waals surface area contributed by atoms with E-state index >= 15 is 0 Å². The topological polar surface area (TPSA) is 418 Å². The van der Waals surface area contributed by atoms with Crippen LogP contribution in [0.5, 0.6) is 17.2 Å². The molecule has 330 valence electrons. The molecule has 0 heterocycles. The van der Waals surface area contributed by atoms with Crippen LogP contribution in [-0.4, -0.2) is 113 Å². The van der Waals surface area contributed by atoms with Crippen LogP contribution in [0.15, 0.2) is 82.2 Å². The Morgan fingerprint density at radius 2 is 1.13 bits per heavy atom. The lowest BCUT2D eigenvalue weighted by atomic mass is 10.1.